The number of alkyl halides is 3. The molecule has 1 aliphatic heterocycles. The quantitative estimate of drug-likeness (QED) is 0.861. The van der Waals surface area contributed by atoms with Gasteiger partial charge in [-0.3, -0.25) is 4.90 Å². The Morgan fingerprint density at radius 1 is 1.25 bits per heavy atom. The van der Waals surface area contributed by atoms with Crippen LogP contribution in [0.3, 0.4) is 0 Å². The van der Waals surface area contributed by atoms with E-state index in [1.54, 1.807) is 4.90 Å². The lowest BCUT2D eigenvalue weighted by Gasteiger charge is -2.36. The minimum absolute atomic E-state index is 0.0396. The van der Waals surface area contributed by atoms with Crippen LogP contribution in [0.2, 0.25) is 5.02 Å². The molecule has 1 N–H and O–H groups in total. The normalized spacial score (nSPS) is 19.1. The van der Waals surface area contributed by atoms with Gasteiger partial charge in [-0.15, -0.1) is 0 Å². The minimum Gasteiger partial charge on any atom is -0.314 e. The zero-order valence-electron chi connectivity index (χ0n) is 10.7. The molecule has 0 unspecified atom stereocenters. The number of halogens is 5. The van der Waals surface area contributed by atoms with Gasteiger partial charge in [0.25, 0.3) is 0 Å². The zero-order valence-corrected chi connectivity index (χ0v) is 11.4. The second kappa shape index (κ2) is 6.28. The van der Waals surface area contributed by atoms with Crippen molar-refractivity contribution in [2.45, 2.75) is 18.6 Å². The van der Waals surface area contributed by atoms with Gasteiger partial charge in [0.1, 0.15) is 5.82 Å². The molecule has 2 nitrogen and oxygen atoms in total. The Labute approximate surface area is 119 Å². The summed E-state index contributed by atoms with van der Waals surface area (Å²) < 4.78 is 52.3. The third kappa shape index (κ3) is 3.84. The molecule has 0 bridgehead atoms. The fourth-order valence-corrected chi connectivity index (χ4v) is 2.74. The van der Waals surface area contributed by atoms with Crippen molar-refractivity contribution in [3.05, 3.63) is 34.6 Å². The molecular formula is C13H15ClF4N2. The van der Waals surface area contributed by atoms with E-state index in [0.29, 0.717) is 26.2 Å². The smallest absolute Gasteiger partial charge is 0.314 e. The van der Waals surface area contributed by atoms with E-state index in [1.807, 2.05) is 0 Å². The Morgan fingerprint density at radius 2 is 1.90 bits per heavy atom. The van der Waals surface area contributed by atoms with Crippen LogP contribution in [0.25, 0.3) is 0 Å². The van der Waals surface area contributed by atoms with Gasteiger partial charge in [0.2, 0.25) is 0 Å². The summed E-state index contributed by atoms with van der Waals surface area (Å²) in [6, 6.07) is 2.88. The number of benzene rings is 1. The first-order valence-electron chi connectivity index (χ1n) is 6.34. The van der Waals surface area contributed by atoms with E-state index in [2.05, 4.69) is 5.32 Å². The molecule has 1 atom stereocenters. The second-order valence-electron chi connectivity index (χ2n) is 4.76. The molecule has 7 heteroatoms. The van der Waals surface area contributed by atoms with Gasteiger partial charge in [-0.2, -0.15) is 13.2 Å². The minimum atomic E-state index is -4.37. The number of nitrogens with one attached hydrogen (secondary N) is 1. The Kier molecular flexibility index (Phi) is 4.88. The molecule has 1 aromatic carbocycles. The topological polar surface area (TPSA) is 15.3 Å². The summed E-state index contributed by atoms with van der Waals surface area (Å²) in [5.74, 6) is -0.690. The van der Waals surface area contributed by atoms with Gasteiger partial charge in [0.15, 0.2) is 0 Å². The van der Waals surface area contributed by atoms with E-state index >= 15 is 0 Å². The molecule has 0 aromatic heterocycles. The number of rotatable bonds is 3. The van der Waals surface area contributed by atoms with Gasteiger partial charge in [-0.1, -0.05) is 17.7 Å². The molecule has 112 valence electrons. The van der Waals surface area contributed by atoms with Crippen molar-refractivity contribution in [3.8, 4) is 0 Å². The zero-order chi connectivity index (χ0) is 14.8. The summed E-state index contributed by atoms with van der Waals surface area (Å²) in [7, 11) is 0. The summed E-state index contributed by atoms with van der Waals surface area (Å²) in [5, 5.41) is 3.10. The highest BCUT2D eigenvalue weighted by Gasteiger charge is 2.37. The monoisotopic (exact) mass is 310 g/mol. The SMILES string of the molecule is Fc1cccc(Cl)c1[C@H](CC(F)(F)F)N1CCNCC1. The molecule has 1 saturated heterocycles. The molecule has 0 saturated carbocycles. The maximum absolute atomic E-state index is 13.9. The number of nitrogens with zero attached hydrogens (tertiary/aromatic N) is 1. The van der Waals surface area contributed by atoms with Crippen LogP contribution in [0.1, 0.15) is 18.0 Å². The summed E-state index contributed by atoms with van der Waals surface area (Å²) in [6.07, 6.45) is -5.48. The molecule has 2 rings (SSSR count). The molecule has 1 aromatic rings. The van der Waals surface area contributed by atoms with Crippen LogP contribution in [-0.2, 0) is 0 Å². The molecular weight excluding hydrogens is 296 g/mol. The van der Waals surface area contributed by atoms with E-state index in [9.17, 15) is 17.6 Å². The molecule has 1 aliphatic rings. The van der Waals surface area contributed by atoms with Crippen molar-refractivity contribution >= 4 is 11.6 Å². The molecule has 0 amide bonds. The Balaban J connectivity index is 2.34. The highest BCUT2D eigenvalue weighted by atomic mass is 35.5. The van der Waals surface area contributed by atoms with Crippen LogP contribution in [0.5, 0.6) is 0 Å². The van der Waals surface area contributed by atoms with E-state index in [1.165, 1.54) is 12.1 Å². The number of hydrogen-bond donors (Lipinski definition) is 1. The van der Waals surface area contributed by atoms with E-state index in [0.717, 1.165) is 6.07 Å². The fraction of sp³-hybridized carbons (Fsp3) is 0.538. The van der Waals surface area contributed by atoms with Crippen molar-refractivity contribution in [2.75, 3.05) is 26.2 Å². The molecule has 0 aliphatic carbocycles. The van der Waals surface area contributed by atoms with Gasteiger partial charge in [-0.25, -0.2) is 4.39 Å². The summed E-state index contributed by atoms with van der Waals surface area (Å²) in [5.41, 5.74) is -0.0617. The van der Waals surface area contributed by atoms with Crippen LogP contribution >= 0.6 is 11.6 Å². The number of hydrogen-bond acceptors (Lipinski definition) is 2. The van der Waals surface area contributed by atoms with E-state index < -0.39 is 24.5 Å². The first kappa shape index (κ1) is 15.5. The van der Waals surface area contributed by atoms with Crippen LogP contribution in [0.15, 0.2) is 18.2 Å². The average Bonchev–Trinajstić information content (AvgIpc) is 2.37. The predicted molar refractivity (Wildman–Crippen MR) is 69.3 cm³/mol. The lowest BCUT2D eigenvalue weighted by molar-refractivity contribution is -0.149. The van der Waals surface area contributed by atoms with Gasteiger partial charge >= 0.3 is 6.18 Å². The van der Waals surface area contributed by atoms with Gasteiger partial charge in [0, 0.05) is 42.8 Å². The lowest BCUT2D eigenvalue weighted by Crippen LogP contribution is -2.46. The fourth-order valence-electron chi connectivity index (χ4n) is 2.46. The summed E-state index contributed by atoms with van der Waals surface area (Å²) in [4.78, 5) is 1.63. The highest BCUT2D eigenvalue weighted by molar-refractivity contribution is 6.31. The van der Waals surface area contributed by atoms with Crippen molar-refractivity contribution in [2.24, 2.45) is 0 Å². The van der Waals surface area contributed by atoms with Gasteiger partial charge in [-0.05, 0) is 12.1 Å². The third-order valence-corrected chi connectivity index (χ3v) is 3.68. The van der Waals surface area contributed by atoms with Crippen molar-refractivity contribution in [1.82, 2.24) is 10.2 Å². The van der Waals surface area contributed by atoms with Crippen molar-refractivity contribution in [3.63, 3.8) is 0 Å². The Hall–Kier alpha value is -0.850. The lowest BCUT2D eigenvalue weighted by atomic mass is 10.00. The largest absolute Gasteiger partial charge is 0.390 e. The number of piperazine rings is 1. The summed E-state index contributed by atoms with van der Waals surface area (Å²) in [6.45, 7) is 2.04. The van der Waals surface area contributed by atoms with Crippen LogP contribution in [-0.4, -0.2) is 37.3 Å². The molecule has 1 fully saturated rings. The third-order valence-electron chi connectivity index (χ3n) is 3.35. The summed E-state index contributed by atoms with van der Waals surface area (Å²) >= 11 is 5.92. The van der Waals surface area contributed by atoms with Gasteiger partial charge < -0.3 is 5.32 Å². The molecule has 1 heterocycles. The average molecular weight is 311 g/mol. The molecule has 20 heavy (non-hydrogen) atoms. The maximum atomic E-state index is 13.9. The van der Waals surface area contributed by atoms with Crippen molar-refractivity contribution < 1.29 is 17.6 Å². The van der Waals surface area contributed by atoms with Crippen LogP contribution in [0.4, 0.5) is 17.6 Å². The second-order valence-corrected chi connectivity index (χ2v) is 5.16. The maximum Gasteiger partial charge on any atom is 0.390 e. The van der Waals surface area contributed by atoms with E-state index in [4.69, 9.17) is 11.6 Å². The molecule has 0 spiro atoms. The van der Waals surface area contributed by atoms with Crippen LogP contribution in [0, 0.1) is 5.82 Å². The van der Waals surface area contributed by atoms with Gasteiger partial charge in [0.05, 0.1) is 6.42 Å². The van der Waals surface area contributed by atoms with Crippen LogP contribution < -0.4 is 5.32 Å². The first-order valence-corrected chi connectivity index (χ1v) is 6.72. The van der Waals surface area contributed by atoms with E-state index in [-0.39, 0.29) is 10.6 Å². The van der Waals surface area contributed by atoms with Crippen molar-refractivity contribution in [1.29, 1.82) is 0 Å². The standard InChI is InChI=1S/C13H15ClF4N2/c14-9-2-1-3-10(15)12(9)11(8-13(16,17)18)20-6-4-19-5-7-20/h1-3,11,19H,4-8H2/t11-/m0/s1. The highest BCUT2D eigenvalue weighted by Crippen LogP contribution is 2.38. The molecule has 0 radical (unpaired) electrons. The first-order chi connectivity index (χ1) is 9.38. The Morgan fingerprint density at radius 3 is 2.45 bits per heavy atom. The Bertz CT molecular complexity index is 438. The predicted octanol–water partition coefficient (Wildman–Crippen LogP) is 3.38.